The van der Waals surface area contributed by atoms with Crippen molar-refractivity contribution < 1.29 is 0 Å². The zero-order valence-electron chi connectivity index (χ0n) is 11.1. The summed E-state index contributed by atoms with van der Waals surface area (Å²) in [6, 6.07) is 19.2. The second kappa shape index (κ2) is 5.79. The highest BCUT2D eigenvalue weighted by atomic mass is 35.5. The summed E-state index contributed by atoms with van der Waals surface area (Å²) in [6.45, 7) is 0. The summed E-state index contributed by atoms with van der Waals surface area (Å²) in [5.74, 6) is 0.858. The van der Waals surface area contributed by atoms with Gasteiger partial charge in [0.05, 0.1) is 5.38 Å². The molecule has 19 heavy (non-hydrogen) atoms. The van der Waals surface area contributed by atoms with Crippen LogP contribution in [0.15, 0.2) is 54.6 Å². The van der Waals surface area contributed by atoms with E-state index >= 15 is 0 Å². The van der Waals surface area contributed by atoms with Gasteiger partial charge in [-0.1, -0.05) is 73.9 Å². The number of halogens is 1. The molecule has 1 fully saturated rings. The minimum atomic E-state index is 0.176. The summed E-state index contributed by atoms with van der Waals surface area (Å²) in [6.07, 6.45) is 5.25. The van der Waals surface area contributed by atoms with Crippen molar-refractivity contribution in [3.05, 3.63) is 60.2 Å². The molecule has 2 aromatic rings. The van der Waals surface area contributed by atoms with Crippen LogP contribution in [-0.2, 0) is 0 Å². The summed E-state index contributed by atoms with van der Waals surface area (Å²) in [5, 5.41) is 0.176. The van der Waals surface area contributed by atoms with Gasteiger partial charge in [0, 0.05) is 0 Å². The van der Waals surface area contributed by atoms with E-state index < -0.39 is 0 Å². The Balaban J connectivity index is 1.71. The average Bonchev–Trinajstić information content (AvgIpc) is 2.44. The lowest BCUT2D eigenvalue weighted by molar-refractivity contribution is 0.293. The average molecular weight is 271 g/mol. The standard InChI is InChI=1S/C18H19Cl/c19-18(13-14-5-4-6-14)17-11-9-16(10-12-17)15-7-2-1-3-8-15/h1-3,7-12,14,18H,4-6,13H2. The second-order valence-corrected chi connectivity index (χ2v) is 6.02. The fraction of sp³-hybridized carbons (Fsp3) is 0.333. The fourth-order valence-electron chi connectivity index (χ4n) is 2.67. The molecule has 3 rings (SSSR count). The predicted octanol–water partition coefficient (Wildman–Crippen LogP) is 5.82. The molecule has 0 amide bonds. The monoisotopic (exact) mass is 270 g/mol. The molecule has 0 aromatic heterocycles. The van der Waals surface area contributed by atoms with E-state index in [0.717, 1.165) is 12.3 Å². The van der Waals surface area contributed by atoms with Gasteiger partial charge in [0.1, 0.15) is 0 Å². The molecule has 2 aromatic carbocycles. The first-order valence-electron chi connectivity index (χ1n) is 7.12. The molecule has 0 spiro atoms. The van der Waals surface area contributed by atoms with E-state index in [1.165, 1.54) is 36.0 Å². The van der Waals surface area contributed by atoms with E-state index in [2.05, 4.69) is 48.5 Å². The highest BCUT2D eigenvalue weighted by Crippen LogP contribution is 2.38. The first-order valence-corrected chi connectivity index (χ1v) is 7.56. The van der Waals surface area contributed by atoms with Crippen LogP contribution < -0.4 is 0 Å². The summed E-state index contributed by atoms with van der Waals surface area (Å²) in [7, 11) is 0. The fourth-order valence-corrected chi connectivity index (χ4v) is 3.07. The van der Waals surface area contributed by atoms with Crippen LogP contribution in [-0.4, -0.2) is 0 Å². The Hall–Kier alpha value is -1.27. The molecule has 0 N–H and O–H groups in total. The Morgan fingerprint density at radius 1 is 0.895 bits per heavy atom. The van der Waals surface area contributed by atoms with Crippen LogP contribution in [0, 0.1) is 5.92 Å². The lowest BCUT2D eigenvalue weighted by Gasteiger charge is -2.27. The Kier molecular flexibility index (Phi) is 3.89. The molecule has 0 radical (unpaired) electrons. The van der Waals surface area contributed by atoms with Gasteiger partial charge in [-0.25, -0.2) is 0 Å². The first-order chi connectivity index (χ1) is 9.33. The third-order valence-electron chi connectivity index (χ3n) is 4.14. The van der Waals surface area contributed by atoms with Gasteiger partial charge in [0.15, 0.2) is 0 Å². The quantitative estimate of drug-likeness (QED) is 0.614. The van der Waals surface area contributed by atoms with Gasteiger partial charge < -0.3 is 0 Å². The van der Waals surface area contributed by atoms with E-state index in [-0.39, 0.29) is 5.38 Å². The Morgan fingerprint density at radius 2 is 1.53 bits per heavy atom. The minimum absolute atomic E-state index is 0.176. The second-order valence-electron chi connectivity index (χ2n) is 5.49. The Bertz CT molecular complexity index is 511. The maximum absolute atomic E-state index is 6.51. The highest BCUT2D eigenvalue weighted by Gasteiger charge is 2.21. The van der Waals surface area contributed by atoms with Crippen LogP contribution in [0.25, 0.3) is 11.1 Å². The van der Waals surface area contributed by atoms with Gasteiger partial charge in [-0.2, -0.15) is 0 Å². The molecule has 0 saturated heterocycles. The van der Waals surface area contributed by atoms with Gasteiger partial charge >= 0.3 is 0 Å². The first kappa shape index (κ1) is 12.7. The molecule has 0 nitrogen and oxygen atoms in total. The maximum atomic E-state index is 6.51. The Morgan fingerprint density at radius 3 is 2.11 bits per heavy atom. The van der Waals surface area contributed by atoms with Crippen molar-refractivity contribution in [2.75, 3.05) is 0 Å². The van der Waals surface area contributed by atoms with Crippen LogP contribution >= 0.6 is 11.6 Å². The molecule has 1 aliphatic rings. The third-order valence-corrected chi connectivity index (χ3v) is 4.57. The van der Waals surface area contributed by atoms with Gasteiger partial charge in [-0.05, 0) is 29.0 Å². The molecule has 0 aliphatic heterocycles. The summed E-state index contributed by atoms with van der Waals surface area (Å²) in [4.78, 5) is 0. The largest absolute Gasteiger partial charge is 0.118 e. The maximum Gasteiger partial charge on any atom is 0.0587 e. The zero-order chi connectivity index (χ0) is 13.1. The SMILES string of the molecule is ClC(CC1CCC1)c1ccc(-c2ccccc2)cc1. The lowest BCUT2D eigenvalue weighted by atomic mass is 9.81. The van der Waals surface area contributed by atoms with Gasteiger partial charge in [0.2, 0.25) is 0 Å². The van der Waals surface area contributed by atoms with E-state index in [9.17, 15) is 0 Å². The third kappa shape index (κ3) is 3.01. The van der Waals surface area contributed by atoms with Gasteiger partial charge in [-0.15, -0.1) is 11.6 Å². The normalized spacial score (nSPS) is 16.9. The van der Waals surface area contributed by atoms with Crippen LogP contribution in [0.2, 0.25) is 0 Å². The van der Waals surface area contributed by atoms with Crippen LogP contribution in [0.5, 0.6) is 0 Å². The van der Waals surface area contributed by atoms with Crippen LogP contribution in [0.1, 0.15) is 36.6 Å². The smallest absolute Gasteiger partial charge is 0.0587 e. The molecule has 1 unspecified atom stereocenters. The molecule has 0 bridgehead atoms. The molecule has 1 atom stereocenters. The van der Waals surface area contributed by atoms with Crippen molar-refractivity contribution in [2.45, 2.75) is 31.1 Å². The van der Waals surface area contributed by atoms with E-state index in [1.54, 1.807) is 0 Å². The van der Waals surface area contributed by atoms with Crippen molar-refractivity contribution in [3.63, 3.8) is 0 Å². The molecule has 1 aliphatic carbocycles. The van der Waals surface area contributed by atoms with Gasteiger partial charge in [-0.3, -0.25) is 0 Å². The number of hydrogen-bond donors (Lipinski definition) is 0. The van der Waals surface area contributed by atoms with Crippen LogP contribution in [0.3, 0.4) is 0 Å². The van der Waals surface area contributed by atoms with Crippen molar-refractivity contribution in [1.82, 2.24) is 0 Å². The van der Waals surface area contributed by atoms with Crippen LogP contribution in [0.4, 0.5) is 0 Å². The van der Waals surface area contributed by atoms with E-state index in [1.807, 2.05) is 6.07 Å². The number of benzene rings is 2. The summed E-state index contributed by atoms with van der Waals surface area (Å²) in [5.41, 5.74) is 3.78. The zero-order valence-corrected chi connectivity index (χ0v) is 11.8. The van der Waals surface area contributed by atoms with E-state index in [4.69, 9.17) is 11.6 Å². The van der Waals surface area contributed by atoms with Crippen molar-refractivity contribution in [1.29, 1.82) is 0 Å². The molecular formula is C18H19Cl. The van der Waals surface area contributed by atoms with E-state index in [0.29, 0.717) is 0 Å². The summed E-state index contributed by atoms with van der Waals surface area (Å²) >= 11 is 6.51. The molecule has 1 saturated carbocycles. The molecule has 98 valence electrons. The van der Waals surface area contributed by atoms with Crippen molar-refractivity contribution >= 4 is 11.6 Å². The number of alkyl halides is 1. The predicted molar refractivity (Wildman–Crippen MR) is 82.4 cm³/mol. The number of rotatable bonds is 4. The topological polar surface area (TPSA) is 0 Å². The molecular weight excluding hydrogens is 252 g/mol. The van der Waals surface area contributed by atoms with Crippen molar-refractivity contribution in [2.24, 2.45) is 5.92 Å². The lowest BCUT2D eigenvalue weighted by Crippen LogP contribution is -2.12. The van der Waals surface area contributed by atoms with Gasteiger partial charge in [0.25, 0.3) is 0 Å². The Labute approximate surface area is 120 Å². The molecule has 1 heteroatoms. The van der Waals surface area contributed by atoms with Crippen molar-refractivity contribution in [3.8, 4) is 11.1 Å². The summed E-state index contributed by atoms with van der Waals surface area (Å²) < 4.78 is 0. The minimum Gasteiger partial charge on any atom is -0.118 e. The molecule has 0 heterocycles. The highest BCUT2D eigenvalue weighted by molar-refractivity contribution is 6.20. The number of hydrogen-bond acceptors (Lipinski definition) is 0.